The SMILES string of the molecule is Nc1ccc(S(=O)CC(=O)NC2CCCCC2)cc1F. The van der Waals surface area contributed by atoms with Crippen LogP contribution in [0.4, 0.5) is 10.1 Å². The average Bonchev–Trinajstić information content (AvgIpc) is 2.42. The van der Waals surface area contributed by atoms with Crippen molar-refractivity contribution in [1.29, 1.82) is 0 Å². The van der Waals surface area contributed by atoms with E-state index in [0.717, 1.165) is 31.7 Å². The first-order valence-electron chi connectivity index (χ1n) is 6.79. The molecule has 1 saturated carbocycles. The van der Waals surface area contributed by atoms with Crippen LogP contribution in [0, 0.1) is 5.82 Å². The Hall–Kier alpha value is -1.43. The summed E-state index contributed by atoms with van der Waals surface area (Å²) in [6.45, 7) is 0. The van der Waals surface area contributed by atoms with Gasteiger partial charge in [-0.1, -0.05) is 19.3 Å². The first-order valence-corrected chi connectivity index (χ1v) is 8.11. The number of carbonyl (C=O) groups is 1. The van der Waals surface area contributed by atoms with E-state index in [9.17, 15) is 13.4 Å². The Morgan fingerprint density at radius 3 is 2.70 bits per heavy atom. The predicted molar refractivity (Wildman–Crippen MR) is 77.1 cm³/mol. The van der Waals surface area contributed by atoms with E-state index in [1.807, 2.05) is 0 Å². The standard InChI is InChI=1S/C14H19FN2O2S/c15-12-8-11(6-7-13(12)16)20(19)9-14(18)17-10-4-2-1-3-5-10/h6-8,10H,1-5,9,16H2,(H,17,18). The molecule has 1 aliphatic rings. The van der Waals surface area contributed by atoms with Crippen molar-refractivity contribution in [3.63, 3.8) is 0 Å². The van der Waals surface area contributed by atoms with E-state index < -0.39 is 16.6 Å². The number of carbonyl (C=O) groups excluding carboxylic acids is 1. The van der Waals surface area contributed by atoms with E-state index in [4.69, 9.17) is 5.73 Å². The minimum atomic E-state index is -1.54. The molecule has 1 unspecified atom stereocenters. The van der Waals surface area contributed by atoms with Crippen LogP contribution in [0.1, 0.15) is 32.1 Å². The fourth-order valence-electron chi connectivity index (χ4n) is 2.37. The summed E-state index contributed by atoms with van der Waals surface area (Å²) in [5, 5.41) is 2.90. The maximum Gasteiger partial charge on any atom is 0.233 e. The van der Waals surface area contributed by atoms with Crippen LogP contribution in [0.25, 0.3) is 0 Å². The van der Waals surface area contributed by atoms with Gasteiger partial charge in [-0.05, 0) is 31.0 Å². The summed E-state index contributed by atoms with van der Waals surface area (Å²) in [5.74, 6) is -0.990. The van der Waals surface area contributed by atoms with E-state index >= 15 is 0 Å². The zero-order chi connectivity index (χ0) is 14.5. The highest BCUT2D eigenvalue weighted by Gasteiger charge is 2.18. The van der Waals surface area contributed by atoms with Gasteiger partial charge in [-0.25, -0.2) is 4.39 Å². The zero-order valence-corrected chi connectivity index (χ0v) is 12.0. The summed E-state index contributed by atoms with van der Waals surface area (Å²) >= 11 is 0. The Morgan fingerprint density at radius 2 is 2.05 bits per heavy atom. The Kier molecular flexibility index (Phi) is 5.11. The van der Waals surface area contributed by atoms with Crippen molar-refractivity contribution in [2.75, 3.05) is 11.5 Å². The van der Waals surface area contributed by atoms with E-state index in [1.54, 1.807) is 0 Å². The monoisotopic (exact) mass is 298 g/mol. The minimum Gasteiger partial charge on any atom is -0.396 e. The van der Waals surface area contributed by atoms with Gasteiger partial charge in [0.25, 0.3) is 0 Å². The molecule has 0 bridgehead atoms. The molecule has 0 heterocycles. The highest BCUT2D eigenvalue weighted by Crippen LogP contribution is 2.18. The van der Waals surface area contributed by atoms with Crippen LogP contribution in [0.2, 0.25) is 0 Å². The number of amides is 1. The first kappa shape index (κ1) is 15.0. The molecule has 20 heavy (non-hydrogen) atoms. The molecule has 0 aromatic heterocycles. The molecule has 1 aromatic carbocycles. The molecule has 1 amide bonds. The van der Waals surface area contributed by atoms with Crippen molar-refractivity contribution >= 4 is 22.4 Å². The Bertz CT molecular complexity index is 516. The molecule has 0 aliphatic heterocycles. The summed E-state index contributed by atoms with van der Waals surface area (Å²) < 4.78 is 25.3. The third-order valence-electron chi connectivity index (χ3n) is 3.47. The largest absolute Gasteiger partial charge is 0.396 e. The molecule has 0 spiro atoms. The lowest BCUT2D eigenvalue weighted by Crippen LogP contribution is -2.38. The van der Waals surface area contributed by atoms with Crippen molar-refractivity contribution < 1.29 is 13.4 Å². The van der Waals surface area contributed by atoms with Gasteiger partial charge < -0.3 is 11.1 Å². The van der Waals surface area contributed by atoms with Crippen LogP contribution in [-0.2, 0) is 15.6 Å². The minimum absolute atomic E-state index is 0.0115. The highest BCUT2D eigenvalue weighted by atomic mass is 32.2. The summed E-state index contributed by atoms with van der Waals surface area (Å²) in [7, 11) is -1.54. The van der Waals surface area contributed by atoms with Gasteiger partial charge in [0.15, 0.2) is 0 Å². The first-order chi connectivity index (χ1) is 9.56. The Morgan fingerprint density at radius 1 is 1.35 bits per heavy atom. The number of rotatable bonds is 4. The number of nitrogens with two attached hydrogens (primary N) is 1. The number of nitrogen functional groups attached to an aromatic ring is 1. The summed E-state index contributed by atoms with van der Waals surface area (Å²) in [4.78, 5) is 12.1. The van der Waals surface area contributed by atoms with Gasteiger partial charge in [-0.2, -0.15) is 0 Å². The fraction of sp³-hybridized carbons (Fsp3) is 0.500. The molecule has 110 valence electrons. The molecular formula is C14H19FN2O2S. The van der Waals surface area contributed by atoms with Crippen molar-refractivity contribution in [1.82, 2.24) is 5.32 Å². The van der Waals surface area contributed by atoms with Crippen LogP contribution in [-0.4, -0.2) is 21.9 Å². The van der Waals surface area contributed by atoms with E-state index in [1.165, 1.54) is 18.6 Å². The van der Waals surface area contributed by atoms with Crippen LogP contribution in [0.3, 0.4) is 0 Å². The fourth-order valence-corrected chi connectivity index (χ4v) is 3.31. The van der Waals surface area contributed by atoms with Gasteiger partial charge in [0.05, 0.1) is 16.5 Å². The molecule has 3 N–H and O–H groups in total. The quantitative estimate of drug-likeness (QED) is 0.835. The van der Waals surface area contributed by atoms with Gasteiger partial charge in [0, 0.05) is 10.9 Å². The van der Waals surface area contributed by atoms with Gasteiger partial charge in [0.2, 0.25) is 5.91 Å². The number of hydrogen-bond acceptors (Lipinski definition) is 3. The molecule has 6 heteroatoms. The molecule has 2 rings (SSSR count). The van der Waals surface area contributed by atoms with Crippen molar-refractivity contribution in [2.45, 2.75) is 43.0 Å². The van der Waals surface area contributed by atoms with Gasteiger partial charge >= 0.3 is 0 Å². The van der Waals surface area contributed by atoms with E-state index in [2.05, 4.69) is 5.32 Å². The van der Waals surface area contributed by atoms with E-state index in [-0.39, 0.29) is 28.3 Å². The van der Waals surface area contributed by atoms with Crippen LogP contribution < -0.4 is 11.1 Å². The molecule has 1 aromatic rings. The number of nitrogens with one attached hydrogen (secondary N) is 1. The van der Waals surface area contributed by atoms with E-state index in [0.29, 0.717) is 0 Å². The van der Waals surface area contributed by atoms with Crippen LogP contribution >= 0.6 is 0 Å². The average molecular weight is 298 g/mol. The second kappa shape index (κ2) is 6.83. The van der Waals surface area contributed by atoms with Gasteiger partial charge in [-0.15, -0.1) is 0 Å². The molecule has 4 nitrogen and oxygen atoms in total. The third-order valence-corrected chi connectivity index (χ3v) is 4.77. The summed E-state index contributed by atoms with van der Waals surface area (Å²) in [6.07, 6.45) is 5.42. The molecule has 0 saturated heterocycles. The summed E-state index contributed by atoms with van der Waals surface area (Å²) in [6, 6.07) is 4.17. The molecule has 1 fully saturated rings. The third kappa shape index (κ3) is 4.03. The maximum absolute atomic E-state index is 13.3. The number of anilines is 1. The lowest BCUT2D eigenvalue weighted by molar-refractivity contribution is -0.119. The lowest BCUT2D eigenvalue weighted by Gasteiger charge is -2.22. The number of benzene rings is 1. The Labute approximate surface area is 120 Å². The normalized spacial score (nSPS) is 17.6. The highest BCUT2D eigenvalue weighted by molar-refractivity contribution is 7.85. The maximum atomic E-state index is 13.3. The lowest BCUT2D eigenvalue weighted by atomic mass is 9.95. The number of hydrogen-bond donors (Lipinski definition) is 2. The second-order valence-electron chi connectivity index (χ2n) is 5.08. The van der Waals surface area contributed by atoms with Crippen LogP contribution in [0.5, 0.6) is 0 Å². The zero-order valence-electron chi connectivity index (χ0n) is 11.2. The smallest absolute Gasteiger partial charge is 0.233 e. The molecule has 1 aliphatic carbocycles. The van der Waals surface area contributed by atoms with Crippen molar-refractivity contribution in [3.8, 4) is 0 Å². The van der Waals surface area contributed by atoms with Crippen molar-refractivity contribution in [2.24, 2.45) is 0 Å². The Balaban J connectivity index is 1.89. The van der Waals surface area contributed by atoms with Crippen molar-refractivity contribution in [3.05, 3.63) is 24.0 Å². The predicted octanol–water partition coefficient (Wildman–Crippen LogP) is 1.96. The second-order valence-corrected chi connectivity index (χ2v) is 6.53. The molecule has 0 radical (unpaired) electrons. The number of halogens is 1. The van der Waals surface area contributed by atoms with Crippen LogP contribution in [0.15, 0.2) is 23.1 Å². The molecule has 1 atom stereocenters. The molecular weight excluding hydrogens is 279 g/mol. The van der Waals surface area contributed by atoms with Gasteiger partial charge in [0.1, 0.15) is 11.6 Å². The topological polar surface area (TPSA) is 72.2 Å². The summed E-state index contributed by atoms with van der Waals surface area (Å²) in [5.41, 5.74) is 5.37. The van der Waals surface area contributed by atoms with Gasteiger partial charge in [-0.3, -0.25) is 9.00 Å².